The number of piperidine rings is 1. The lowest BCUT2D eigenvalue weighted by molar-refractivity contribution is 0.151. The van der Waals surface area contributed by atoms with E-state index in [2.05, 4.69) is 59.9 Å². The first-order chi connectivity index (χ1) is 12.1. The summed E-state index contributed by atoms with van der Waals surface area (Å²) in [6, 6.07) is 1.26. The molecule has 1 aliphatic carbocycles. The molecule has 2 rings (SSSR count). The van der Waals surface area contributed by atoms with Crippen LogP contribution in [0.2, 0.25) is 0 Å². The molecule has 0 aromatic heterocycles. The Morgan fingerprint density at radius 2 is 1.80 bits per heavy atom. The summed E-state index contributed by atoms with van der Waals surface area (Å²) in [5.74, 6) is 0. The van der Waals surface area contributed by atoms with Crippen molar-refractivity contribution in [1.82, 2.24) is 9.80 Å². The van der Waals surface area contributed by atoms with Gasteiger partial charge in [-0.05, 0) is 52.7 Å². The van der Waals surface area contributed by atoms with E-state index in [1.165, 1.54) is 37.1 Å². The Kier molecular flexibility index (Phi) is 7.48. The van der Waals surface area contributed by atoms with Crippen molar-refractivity contribution in [1.29, 1.82) is 0 Å². The Hall–Kier alpha value is -1.84. The van der Waals surface area contributed by atoms with Gasteiger partial charge in [0.1, 0.15) is 0 Å². The first-order valence-corrected chi connectivity index (χ1v) is 9.67. The van der Waals surface area contributed by atoms with Gasteiger partial charge in [-0.2, -0.15) is 0 Å². The summed E-state index contributed by atoms with van der Waals surface area (Å²) in [5.41, 5.74) is 3.57. The van der Waals surface area contributed by atoms with Crippen molar-refractivity contribution in [2.75, 3.05) is 19.6 Å². The lowest BCUT2D eigenvalue weighted by Gasteiger charge is -2.42. The molecule has 0 aromatic rings. The van der Waals surface area contributed by atoms with Gasteiger partial charge in [-0.15, -0.1) is 0 Å². The number of likely N-dealkylation sites (tertiary alicyclic amines) is 1. The molecule has 0 radical (unpaired) electrons. The third kappa shape index (κ3) is 5.32. The van der Waals surface area contributed by atoms with Crippen LogP contribution in [0, 0.1) is 0 Å². The van der Waals surface area contributed by atoms with Crippen molar-refractivity contribution in [3.8, 4) is 0 Å². The fourth-order valence-corrected chi connectivity index (χ4v) is 3.59. The van der Waals surface area contributed by atoms with Gasteiger partial charge in [0.25, 0.3) is 0 Å². The average Bonchev–Trinajstić information content (AvgIpc) is 3.43. The van der Waals surface area contributed by atoms with E-state index in [1.807, 2.05) is 12.4 Å². The van der Waals surface area contributed by atoms with Crippen molar-refractivity contribution < 1.29 is 0 Å². The molecule has 25 heavy (non-hydrogen) atoms. The zero-order valence-electron chi connectivity index (χ0n) is 16.2. The predicted octanol–water partition coefficient (Wildman–Crippen LogP) is 4.42. The van der Waals surface area contributed by atoms with Crippen LogP contribution in [0.1, 0.15) is 52.9 Å². The summed E-state index contributed by atoms with van der Waals surface area (Å²) in [6.07, 6.45) is 12.1. The second kappa shape index (κ2) is 9.59. The van der Waals surface area contributed by atoms with Crippen molar-refractivity contribution in [2.45, 2.75) is 65.0 Å². The summed E-state index contributed by atoms with van der Waals surface area (Å²) >= 11 is 0. The largest absolute Gasteiger partial charge is 0.375 e. The Balaban J connectivity index is 2.24. The predicted molar refractivity (Wildman–Crippen MR) is 109 cm³/mol. The quantitative estimate of drug-likeness (QED) is 0.459. The molecule has 2 aliphatic rings. The van der Waals surface area contributed by atoms with E-state index in [9.17, 15) is 0 Å². The third-order valence-electron chi connectivity index (χ3n) is 4.95. The molecule has 0 bridgehead atoms. The van der Waals surface area contributed by atoms with Crippen molar-refractivity contribution in [3.05, 3.63) is 35.8 Å². The normalized spacial score (nSPS) is 20.2. The summed E-state index contributed by atoms with van der Waals surface area (Å²) in [5, 5.41) is 0. The van der Waals surface area contributed by atoms with E-state index < -0.39 is 0 Å². The molecule has 0 unspecified atom stereocenters. The highest BCUT2D eigenvalue weighted by Crippen LogP contribution is 2.37. The number of aliphatic imine (C=N–C) groups is 2. The molecule has 0 spiro atoms. The fraction of sp³-hybridized carbons (Fsp3) is 0.619. The number of allylic oxidation sites excluding steroid dienone is 3. The van der Waals surface area contributed by atoms with E-state index in [0.29, 0.717) is 12.1 Å². The molecule has 4 nitrogen and oxygen atoms in total. The molecule has 0 atom stereocenters. The van der Waals surface area contributed by atoms with Gasteiger partial charge in [0, 0.05) is 61.1 Å². The van der Waals surface area contributed by atoms with Crippen LogP contribution in [-0.4, -0.2) is 54.4 Å². The van der Waals surface area contributed by atoms with Crippen LogP contribution >= 0.6 is 0 Å². The fourth-order valence-electron chi connectivity index (χ4n) is 3.59. The molecular weight excluding hydrogens is 308 g/mol. The van der Waals surface area contributed by atoms with Crippen LogP contribution in [0.25, 0.3) is 0 Å². The first-order valence-electron chi connectivity index (χ1n) is 9.67. The second-order valence-electron chi connectivity index (χ2n) is 6.98. The molecule has 4 heteroatoms. The topological polar surface area (TPSA) is 31.2 Å². The van der Waals surface area contributed by atoms with Gasteiger partial charge in [-0.25, -0.2) is 0 Å². The SMILES string of the molecule is C=N/C=C(C=NCC)/C(=C/CC)N(C1CC1)C1CCN(C(=C)C)CC1. The van der Waals surface area contributed by atoms with Crippen LogP contribution < -0.4 is 0 Å². The number of rotatable bonds is 9. The Morgan fingerprint density at radius 1 is 1.16 bits per heavy atom. The van der Waals surface area contributed by atoms with E-state index in [0.717, 1.165) is 31.6 Å². The maximum absolute atomic E-state index is 4.47. The highest BCUT2D eigenvalue weighted by Gasteiger charge is 2.37. The van der Waals surface area contributed by atoms with Crippen LogP contribution in [0.4, 0.5) is 0 Å². The molecule has 1 heterocycles. The molecule has 1 saturated carbocycles. The highest BCUT2D eigenvalue weighted by molar-refractivity contribution is 5.84. The standard InChI is InChI=1S/C21H34N4/c1-6-8-21(18(15-22-5)16-23-7-2)25(19-9-10-19)20-11-13-24(14-12-20)17(3)4/h8,15-16,19-20H,3,5-7,9-14H2,1-2,4H3/b18-15+,21-8-,23-16?. The molecular formula is C21H34N4. The zero-order chi connectivity index (χ0) is 18.2. The zero-order valence-corrected chi connectivity index (χ0v) is 16.2. The van der Waals surface area contributed by atoms with E-state index in [-0.39, 0.29) is 0 Å². The second-order valence-corrected chi connectivity index (χ2v) is 6.98. The minimum atomic E-state index is 0.587. The lowest BCUT2D eigenvalue weighted by atomic mass is 9.99. The number of hydrogen-bond acceptors (Lipinski definition) is 4. The Bertz CT molecular complexity index is 546. The Morgan fingerprint density at radius 3 is 2.28 bits per heavy atom. The summed E-state index contributed by atoms with van der Waals surface area (Å²) in [4.78, 5) is 13.6. The number of hydrogen-bond donors (Lipinski definition) is 0. The average molecular weight is 343 g/mol. The van der Waals surface area contributed by atoms with Gasteiger partial charge in [-0.1, -0.05) is 19.6 Å². The molecule has 0 aromatic carbocycles. The number of nitrogens with zero attached hydrogens (tertiary/aromatic N) is 4. The van der Waals surface area contributed by atoms with Crippen molar-refractivity contribution >= 4 is 12.9 Å². The van der Waals surface area contributed by atoms with Gasteiger partial charge in [-0.3, -0.25) is 9.98 Å². The molecule has 138 valence electrons. The van der Waals surface area contributed by atoms with Gasteiger partial charge in [0.15, 0.2) is 0 Å². The maximum atomic E-state index is 4.47. The first kappa shape index (κ1) is 19.5. The Labute approximate surface area is 153 Å². The smallest absolute Gasteiger partial charge is 0.0435 e. The molecule has 0 N–H and O–H groups in total. The maximum Gasteiger partial charge on any atom is 0.0435 e. The summed E-state index contributed by atoms with van der Waals surface area (Å²) < 4.78 is 0. The highest BCUT2D eigenvalue weighted by atomic mass is 15.2. The summed E-state index contributed by atoms with van der Waals surface area (Å²) in [7, 11) is 0. The van der Waals surface area contributed by atoms with E-state index in [1.54, 1.807) is 0 Å². The van der Waals surface area contributed by atoms with E-state index >= 15 is 0 Å². The molecule has 1 saturated heterocycles. The van der Waals surface area contributed by atoms with Gasteiger partial charge < -0.3 is 9.80 Å². The van der Waals surface area contributed by atoms with Crippen LogP contribution in [0.5, 0.6) is 0 Å². The monoisotopic (exact) mass is 342 g/mol. The van der Waals surface area contributed by atoms with Crippen LogP contribution in [-0.2, 0) is 0 Å². The van der Waals surface area contributed by atoms with Gasteiger partial charge in [0.2, 0.25) is 0 Å². The van der Waals surface area contributed by atoms with Gasteiger partial charge in [0.05, 0.1) is 0 Å². The van der Waals surface area contributed by atoms with E-state index in [4.69, 9.17) is 0 Å². The van der Waals surface area contributed by atoms with Crippen molar-refractivity contribution in [3.63, 3.8) is 0 Å². The minimum absolute atomic E-state index is 0.587. The van der Waals surface area contributed by atoms with Gasteiger partial charge >= 0.3 is 0 Å². The molecule has 1 aliphatic heterocycles. The van der Waals surface area contributed by atoms with Crippen LogP contribution in [0.15, 0.2) is 45.8 Å². The molecule has 2 fully saturated rings. The lowest BCUT2D eigenvalue weighted by Crippen LogP contribution is -2.45. The van der Waals surface area contributed by atoms with Crippen molar-refractivity contribution in [2.24, 2.45) is 9.98 Å². The summed E-state index contributed by atoms with van der Waals surface area (Å²) in [6.45, 7) is 17.1. The minimum Gasteiger partial charge on any atom is -0.375 e. The molecule has 0 amide bonds. The van der Waals surface area contributed by atoms with Crippen LogP contribution in [0.3, 0.4) is 0 Å². The third-order valence-corrected chi connectivity index (χ3v) is 4.95.